The summed E-state index contributed by atoms with van der Waals surface area (Å²) in [6.45, 7) is 5.43. The number of allylic oxidation sites excluding steroid dienone is 1. The maximum Gasteiger partial charge on any atom is 0.315 e. The van der Waals surface area contributed by atoms with Crippen LogP contribution in [0.5, 0.6) is 0 Å². The maximum absolute atomic E-state index is 14.4. The number of thiophene rings is 1. The first-order valence-electron chi connectivity index (χ1n) is 17.5. The zero-order valence-electron chi connectivity index (χ0n) is 28.9. The highest BCUT2D eigenvalue weighted by molar-refractivity contribution is 7.91. The molecule has 0 spiro atoms. The molecule has 1 saturated heterocycles. The number of hydrogen-bond acceptors (Lipinski definition) is 8. The highest BCUT2D eigenvalue weighted by Crippen LogP contribution is 2.46. The second-order valence-corrected chi connectivity index (χ2v) is 18.5. The topological polar surface area (TPSA) is 183 Å². The van der Waals surface area contributed by atoms with Crippen LogP contribution in [0.2, 0.25) is 5.02 Å². The number of fused-ring (bicyclic) bond motifs is 3. The lowest BCUT2D eigenvalue weighted by Gasteiger charge is -2.31. The largest absolute Gasteiger partial charge is 0.347 e. The summed E-state index contributed by atoms with van der Waals surface area (Å²) in [6, 6.07) is 4.07. The number of sulfonamides is 1. The van der Waals surface area contributed by atoms with Gasteiger partial charge in [0.05, 0.1) is 10.3 Å². The van der Waals surface area contributed by atoms with E-state index in [0.717, 1.165) is 22.9 Å². The number of benzene rings is 1. The molecule has 6 rings (SSSR count). The summed E-state index contributed by atoms with van der Waals surface area (Å²) in [7, 11) is -3.89. The molecule has 5 atom stereocenters. The molecule has 0 bridgehead atoms. The van der Waals surface area contributed by atoms with Crippen LogP contribution in [0.25, 0.3) is 10.1 Å². The molecule has 276 valence electrons. The molecule has 0 radical (unpaired) electrons. The van der Waals surface area contributed by atoms with Crippen LogP contribution in [-0.4, -0.2) is 84.0 Å². The zero-order chi connectivity index (χ0) is 36.7. The monoisotopic (exact) mass is 760 g/mol. The molecular weight excluding hydrogens is 716 g/mol. The van der Waals surface area contributed by atoms with Gasteiger partial charge >= 0.3 is 6.03 Å². The Morgan fingerprint density at radius 1 is 1.04 bits per heavy atom. The first kappa shape index (κ1) is 37.1. The predicted octanol–water partition coefficient (Wildman–Crippen LogP) is 3.72. The summed E-state index contributed by atoms with van der Waals surface area (Å²) in [6.07, 6.45) is 8.14. The number of rotatable bonds is 6. The molecule has 2 aromatic rings. The number of amides is 6. The molecule has 2 aliphatic carbocycles. The molecular formula is C35H45ClN6O7S2. The van der Waals surface area contributed by atoms with Crippen molar-refractivity contribution in [3.8, 4) is 0 Å². The van der Waals surface area contributed by atoms with E-state index in [-0.39, 0.29) is 19.4 Å². The summed E-state index contributed by atoms with van der Waals surface area (Å²) in [5.74, 6) is -2.84. The number of hydrogen-bond donors (Lipinski definition) is 5. The average molecular weight is 761 g/mol. The van der Waals surface area contributed by atoms with E-state index in [2.05, 4.69) is 26.0 Å². The van der Waals surface area contributed by atoms with E-state index in [1.807, 2.05) is 57.2 Å². The van der Waals surface area contributed by atoms with Crippen LogP contribution in [0.1, 0.15) is 88.2 Å². The first-order chi connectivity index (χ1) is 24.1. The predicted molar refractivity (Wildman–Crippen MR) is 195 cm³/mol. The van der Waals surface area contributed by atoms with Crippen LogP contribution in [0.4, 0.5) is 4.79 Å². The van der Waals surface area contributed by atoms with Crippen LogP contribution < -0.4 is 26.0 Å². The number of carbonyl (C=O) groups is 5. The fraction of sp³-hybridized carbons (Fsp3) is 0.571. The minimum absolute atomic E-state index is 0.0192. The van der Waals surface area contributed by atoms with Gasteiger partial charge in [-0.25, -0.2) is 13.2 Å². The van der Waals surface area contributed by atoms with E-state index >= 15 is 0 Å². The Bertz CT molecular complexity index is 1870. The Morgan fingerprint density at radius 3 is 2.49 bits per heavy atom. The molecule has 2 saturated carbocycles. The molecule has 1 aromatic heterocycles. The van der Waals surface area contributed by atoms with Crippen LogP contribution in [0.3, 0.4) is 0 Å². The summed E-state index contributed by atoms with van der Waals surface area (Å²) < 4.78 is 28.6. The van der Waals surface area contributed by atoms with Gasteiger partial charge in [-0.3, -0.25) is 23.9 Å². The molecule has 2 aliphatic heterocycles. The van der Waals surface area contributed by atoms with Crippen molar-refractivity contribution in [1.29, 1.82) is 0 Å². The van der Waals surface area contributed by atoms with Crippen molar-refractivity contribution >= 4 is 72.7 Å². The molecule has 0 unspecified atom stereocenters. The normalized spacial score (nSPS) is 28.0. The number of urea groups is 1. The van der Waals surface area contributed by atoms with E-state index in [4.69, 9.17) is 11.6 Å². The third-order valence-electron chi connectivity index (χ3n) is 9.75. The standard InChI is InChI=1S/C35H45ClN6O7S2/c1-34(2,3)40-33(47)38-24-13-8-6-4-5-7-11-20-18-35(20,32(46)41-51(48,49)22-15-16-22)39-29(43)25-17-21(19-42(25)31(24)45)37-30(44)28-27(36)23-12-9-10-14-26(23)50-28/h7,9-12,14,20-22,24-25H,4-6,8,13,15-19H2,1-3H3,(H,37,44)(H,39,43)(H,41,46)(H2,38,40,47)/b11-7-/t20-,21+,24-,25-,35+/m0/s1. The van der Waals surface area contributed by atoms with Crippen LogP contribution >= 0.6 is 22.9 Å². The fourth-order valence-electron chi connectivity index (χ4n) is 6.85. The molecule has 3 heterocycles. The van der Waals surface area contributed by atoms with Gasteiger partial charge in [-0.2, -0.15) is 0 Å². The number of carbonyl (C=O) groups excluding carboxylic acids is 5. The maximum atomic E-state index is 14.4. The first-order valence-corrected chi connectivity index (χ1v) is 20.2. The van der Waals surface area contributed by atoms with Crippen LogP contribution in [-0.2, 0) is 24.4 Å². The molecule has 13 nitrogen and oxygen atoms in total. The lowest BCUT2D eigenvalue weighted by Crippen LogP contribution is -2.59. The van der Waals surface area contributed by atoms with Gasteiger partial charge in [0.15, 0.2) is 0 Å². The Labute approximate surface area is 306 Å². The van der Waals surface area contributed by atoms with Crippen molar-refractivity contribution in [1.82, 2.24) is 30.9 Å². The van der Waals surface area contributed by atoms with Gasteiger partial charge < -0.3 is 26.2 Å². The molecule has 3 fully saturated rings. The van der Waals surface area contributed by atoms with Crippen LogP contribution in [0, 0.1) is 5.92 Å². The van der Waals surface area contributed by atoms with Crippen molar-refractivity contribution in [2.24, 2.45) is 5.92 Å². The highest BCUT2D eigenvalue weighted by Gasteiger charge is 2.62. The molecule has 1 aromatic carbocycles. The van der Waals surface area contributed by atoms with Gasteiger partial charge in [-0.15, -0.1) is 11.3 Å². The Balaban J connectivity index is 1.28. The molecule has 5 N–H and O–H groups in total. The van der Waals surface area contributed by atoms with Crippen molar-refractivity contribution in [3.05, 3.63) is 46.3 Å². The van der Waals surface area contributed by atoms with E-state index < -0.39 is 80.1 Å². The van der Waals surface area contributed by atoms with Gasteiger partial charge in [-0.1, -0.05) is 54.8 Å². The molecule has 51 heavy (non-hydrogen) atoms. The van der Waals surface area contributed by atoms with Crippen molar-refractivity contribution in [2.75, 3.05) is 6.54 Å². The average Bonchev–Trinajstić information content (AvgIpc) is 3.96. The molecule has 6 amide bonds. The smallest absolute Gasteiger partial charge is 0.315 e. The minimum Gasteiger partial charge on any atom is -0.347 e. The van der Waals surface area contributed by atoms with Crippen LogP contribution in [0.15, 0.2) is 36.4 Å². The van der Waals surface area contributed by atoms with E-state index in [1.54, 1.807) is 0 Å². The van der Waals surface area contributed by atoms with E-state index in [9.17, 15) is 32.4 Å². The van der Waals surface area contributed by atoms with Gasteiger partial charge in [0.2, 0.25) is 21.8 Å². The Hall–Kier alpha value is -3.69. The SMILES string of the molecule is CC(C)(C)NC(=O)N[C@H]1CCCCC/C=C\[C@H]2C[C@@]2(C(=O)NS(=O)(=O)C2CC2)NC(=O)[C@@H]2C[C@@H](NC(=O)c3sc4ccccc4c3Cl)CN2C1=O. The Kier molecular flexibility index (Phi) is 10.5. The van der Waals surface area contributed by atoms with Crippen molar-refractivity contribution in [2.45, 2.75) is 113 Å². The summed E-state index contributed by atoms with van der Waals surface area (Å²) in [5.41, 5.74) is -2.08. The zero-order valence-corrected chi connectivity index (χ0v) is 31.3. The quantitative estimate of drug-likeness (QED) is 0.278. The summed E-state index contributed by atoms with van der Waals surface area (Å²) >= 11 is 7.83. The van der Waals surface area contributed by atoms with E-state index in [0.29, 0.717) is 42.0 Å². The highest BCUT2D eigenvalue weighted by atomic mass is 35.5. The number of nitrogens with one attached hydrogen (secondary N) is 5. The van der Waals surface area contributed by atoms with Gasteiger partial charge in [0, 0.05) is 34.1 Å². The van der Waals surface area contributed by atoms with E-state index in [1.165, 1.54) is 16.2 Å². The number of halogens is 1. The third kappa shape index (κ3) is 8.36. The lowest BCUT2D eigenvalue weighted by atomic mass is 10.0. The van der Waals surface area contributed by atoms with Gasteiger partial charge in [-0.05, 0) is 71.8 Å². The second kappa shape index (κ2) is 14.4. The van der Waals surface area contributed by atoms with Gasteiger partial charge in [0.25, 0.3) is 11.8 Å². The Morgan fingerprint density at radius 2 is 1.78 bits per heavy atom. The second-order valence-electron chi connectivity index (χ2n) is 15.1. The summed E-state index contributed by atoms with van der Waals surface area (Å²) in [4.78, 5) is 70.5. The van der Waals surface area contributed by atoms with Crippen molar-refractivity contribution < 1.29 is 32.4 Å². The molecule has 16 heteroatoms. The lowest BCUT2D eigenvalue weighted by molar-refractivity contribution is -0.141. The van der Waals surface area contributed by atoms with Crippen molar-refractivity contribution in [3.63, 3.8) is 0 Å². The third-order valence-corrected chi connectivity index (χ3v) is 13.2. The minimum atomic E-state index is -3.89. The number of nitrogens with zero attached hydrogens (tertiary/aromatic N) is 1. The summed E-state index contributed by atoms with van der Waals surface area (Å²) in [5, 5.41) is 11.8. The fourth-order valence-corrected chi connectivity index (χ4v) is 9.64. The van der Waals surface area contributed by atoms with Gasteiger partial charge in [0.1, 0.15) is 22.5 Å². The molecule has 4 aliphatic rings.